The molecule has 0 aromatic rings. The molecule has 2 saturated heterocycles. The van der Waals surface area contributed by atoms with Crippen molar-refractivity contribution >= 4 is 23.8 Å². The van der Waals surface area contributed by atoms with Gasteiger partial charge in [0.25, 0.3) is 0 Å². The molecule has 2 rings (SSSR count). The number of carbonyl (C=O) groups is 4. The molecule has 0 aromatic heterocycles. The van der Waals surface area contributed by atoms with Gasteiger partial charge in [0.05, 0.1) is 5.92 Å². The molecule has 2 N–H and O–H groups in total. The quantitative estimate of drug-likeness (QED) is 0.626. The molecule has 2 fully saturated rings. The van der Waals surface area contributed by atoms with Crippen molar-refractivity contribution in [3.63, 3.8) is 0 Å². The maximum absolute atomic E-state index is 12.4. The van der Waals surface area contributed by atoms with Crippen molar-refractivity contribution in [2.24, 2.45) is 11.8 Å². The Kier molecular flexibility index (Phi) is 8.70. The Morgan fingerprint density at radius 2 is 1.77 bits per heavy atom. The number of amides is 4. The van der Waals surface area contributed by atoms with Crippen molar-refractivity contribution < 1.29 is 23.9 Å². The first-order valence-electron chi connectivity index (χ1n) is 11.3. The zero-order chi connectivity index (χ0) is 23.2. The van der Waals surface area contributed by atoms with Crippen molar-refractivity contribution in [2.45, 2.75) is 71.9 Å². The monoisotopic (exact) mass is 438 g/mol. The molecule has 0 aliphatic carbocycles. The van der Waals surface area contributed by atoms with E-state index < -0.39 is 11.7 Å². The number of likely N-dealkylation sites (tertiary alicyclic amines) is 2. The highest BCUT2D eigenvalue weighted by Gasteiger charge is 2.35. The Labute approximate surface area is 185 Å². The van der Waals surface area contributed by atoms with Crippen molar-refractivity contribution in [3.05, 3.63) is 0 Å². The minimum Gasteiger partial charge on any atom is -0.444 e. The maximum atomic E-state index is 12.4. The highest BCUT2D eigenvalue weighted by Crippen LogP contribution is 2.21. The van der Waals surface area contributed by atoms with Gasteiger partial charge in [0.15, 0.2) is 0 Å². The van der Waals surface area contributed by atoms with Crippen LogP contribution in [0.3, 0.4) is 0 Å². The van der Waals surface area contributed by atoms with Gasteiger partial charge in [-0.3, -0.25) is 14.4 Å². The summed E-state index contributed by atoms with van der Waals surface area (Å²) in [7, 11) is 0. The van der Waals surface area contributed by atoms with Crippen LogP contribution in [0.15, 0.2) is 0 Å². The van der Waals surface area contributed by atoms with Gasteiger partial charge in [-0.15, -0.1) is 0 Å². The first-order valence-corrected chi connectivity index (χ1v) is 11.3. The van der Waals surface area contributed by atoms with Crippen LogP contribution in [-0.4, -0.2) is 78.0 Å². The van der Waals surface area contributed by atoms with Crippen LogP contribution in [0.25, 0.3) is 0 Å². The number of piperidine rings is 1. The normalized spacial score (nSPS) is 20.2. The molecule has 0 spiro atoms. The van der Waals surface area contributed by atoms with Crippen LogP contribution in [0, 0.1) is 11.8 Å². The molecule has 9 nitrogen and oxygen atoms in total. The maximum Gasteiger partial charge on any atom is 0.407 e. The molecule has 1 atom stereocenters. The van der Waals surface area contributed by atoms with Gasteiger partial charge < -0.3 is 25.2 Å². The lowest BCUT2D eigenvalue weighted by Gasteiger charge is -2.32. The Balaban J connectivity index is 1.63. The molecule has 176 valence electrons. The van der Waals surface area contributed by atoms with E-state index in [4.69, 9.17) is 4.74 Å². The van der Waals surface area contributed by atoms with E-state index in [1.165, 1.54) is 0 Å². The number of ether oxygens (including phenoxy) is 1. The van der Waals surface area contributed by atoms with Crippen LogP contribution in [0.4, 0.5) is 4.79 Å². The summed E-state index contributed by atoms with van der Waals surface area (Å²) in [6.45, 7) is 11.9. The molecule has 9 heteroatoms. The minimum atomic E-state index is -0.563. The molecule has 2 aliphatic heterocycles. The molecule has 0 saturated carbocycles. The van der Waals surface area contributed by atoms with E-state index in [1.54, 1.807) is 25.7 Å². The summed E-state index contributed by atoms with van der Waals surface area (Å²) in [6, 6.07) is 0.117. The zero-order valence-electron chi connectivity index (χ0n) is 19.5. The second-order valence-corrected chi connectivity index (χ2v) is 9.79. The summed E-state index contributed by atoms with van der Waals surface area (Å²) in [5, 5.41) is 5.61. The summed E-state index contributed by atoms with van der Waals surface area (Å²) in [4.78, 5) is 52.0. The van der Waals surface area contributed by atoms with Crippen LogP contribution >= 0.6 is 0 Å². The minimum absolute atomic E-state index is 0.0109. The van der Waals surface area contributed by atoms with E-state index in [0.717, 1.165) is 12.8 Å². The number of hydrogen-bond donors (Lipinski definition) is 2. The number of carbonyl (C=O) groups excluding carboxylic acids is 4. The molecule has 2 heterocycles. The van der Waals surface area contributed by atoms with Gasteiger partial charge in [0, 0.05) is 51.6 Å². The Hall–Kier alpha value is -2.32. The van der Waals surface area contributed by atoms with Crippen molar-refractivity contribution in [1.82, 2.24) is 20.4 Å². The van der Waals surface area contributed by atoms with Crippen LogP contribution < -0.4 is 10.6 Å². The fourth-order valence-electron chi connectivity index (χ4n) is 3.93. The second kappa shape index (κ2) is 10.8. The third-order valence-corrected chi connectivity index (χ3v) is 5.69. The zero-order valence-corrected chi connectivity index (χ0v) is 19.5. The van der Waals surface area contributed by atoms with Gasteiger partial charge in [-0.1, -0.05) is 0 Å². The number of nitrogens with zero attached hydrogens (tertiary/aromatic N) is 2. The third kappa shape index (κ3) is 8.03. The molecule has 31 heavy (non-hydrogen) atoms. The Bertz CT molecular complexity index is 665. The summed E-state index contributed by atoms with van der Waals surface area (Å²) < 4.78 is 5.15. The molecule has 0 aromatic carbocycles. The van der Waals surface area contributed by atoms with E-state index >= 15 is 0 Å². The van der Waals surface area contributed by atoms with Gasteiger partial charge in [-0.25, -0.2) is 4.79 Å². The highest BCUT2D eigenvalue weighted by atomic mass is 16.6. The van der Waals surface area contributed by atoms with Crippen molar-refractivity contribution in [1.29, 1.82) is 0 Å². The molecule has 0 radical (unpaired) electrons. The number of hydrogen-bond acceptors (Lipinski definition) is 5. The largest absolute Gasteiger partial charge is 0.444 e. The Morgan fingerprint density at radius 3 is 2.32 bits per heavy atom. The topological polar surface area (TPSA) is 108 Å². The average molecular weight is 439 g/mol. The third-order valence-electron chi connectivity index (χ3n) is 5.69. The molecule has 1 unspecified atom stereocenters. The number of nitrogens with one attached hydrogen (secondary N) is 2. The summed E-state index contributed by atoms with van der Waals surface area (Å²) in [5.41, 5.74) is -0.563. The predicted octanol–water partition coefficient (Wildman–Crippen LogP) is 1.51. The van der Waals surface area contributed by atoms with Gasteiger partial charge in [0.2, 0.25) is 17.7 Å². The van der Waals surface area contributed by atoms with E-state index in [-0.39, 0.29) is 49.1 Å². The standard InChI is InChI=1S/C22H38N4O5/c1-15(2)26-14-17(12-19(26)28)20(29)24-13-16-7-10-25(11-8-16)18(27)6-9-23-21(30)31-22(3,4)5/h15-17H,6-14H2,1-5H3,(H,23,30)(H,24,29). The SMILES string of the molecule is CC(C)N1CC(C(=O)NCC2CCN(C(=O)CCNC(=O)OC(C)(C)C)CC2)CC1=O. The van der Waals surface area contributed by atoms with Gasteiger partial charge in [-0.2, -0.15) is 0 Å². The van der Waals surface area contributed by atoms with Crippen molar-refractivity contribution in [3.8, 4) is 0 Å². The van der Waals surface area contributed by atoms with E-state index in [2.05, 4.69) is 10.6 Å². The van der Waals surface area contributed by atoms with Gasteiger partial charge in [0.1, 0.15) is 5.60 Å². The first kappa shape index (κ1) is 24.9. The van der Waals surface area contributed by atoms with Crippen LogP contribution in [0.5, 0.6) is 0 Å². The lowest BCUT2D eigenvalue weighted by Crippen LogP contribution is -2.43. The van der Waals surface area contributed by atoms with Crippen LogP contribution in [0.2, 0.25) is 0 Å². The van der Waals surface area contributed by atoms with Crippen LogP contribution in [-0.2, 0) is 19.1 Å². The number of alkyl carbamates (subject to hydrolysis) is 1. The van der Waals surface area contributed by atoms with E-state index in [0.29, 0.717) is 32.1 Å². The summed E-state index contributed by atoms with van der Waals surface area (Å²) in [6.07, 6.45) is 1.66. The van der Waals surface area contributed by atoms with Crippen LogP contribution in [0.1, 0.15) is 60.3 Å². The molecular weight excluding hydrogens is 400 g/mol. The van der Waals surface area contributed by atoms with Gasteiger partial charge >= 0.3 is 6.09 Å². The second-order valence-electron chi connectivity index (χ2n) is 9.79. The predicted molar refractivity (Wildman–Crippen MR) is 116 cm³/mol. The fraction of sp³-hybridized carbons (Fsp3) is 0.818. The first-order chi connectivity index (χ1) is 14.5. The smallest absolute Gasteiger partial charge is 0.407 e. The van der Waals surface area contributed by atoms with E-state index in [1.807, 2.05) is 18.7 Å². The lowest BCUT2D eigenvalue weighted by atomic mass is 9.96. The Morgan fingerprint density at radius 1 is 1.13 bits per heavy atom. The summed E-state index contributed by atoms with van der Waals surface area (Å²) >= 11 is 0. The fourth-order valence-corrected chi connectivity index (χ4v) is 3.93. The molecule has 0 bridgehead atoms. The highest BCUT2D eigenvalue weighted by molar-refractivity contribution is 5.89. The molecule has 2 aliphatic rings. The van der Waals surface area contributed by atoms with Crippen molar-refractivity contribution in [2.75, 3.05) is 32.7 Å². The number of rotatable bonds is 7. The lowest BCUT2D eigenvalue weighted by molar-refractivity contribution is -0.132. The average Bonchev–Trinajstić information content (AvgIpc) is 3.07. The molecule has 4 amide bonds. The summed E-state index contributed by atoms with van der Waals surface area (Å²) in [5.74, 6) is 0.0587. The van der Waals surface area contributed by atoms with E-state index in [9.17, 15) is 19.2 Å². The molecular formula is C22H38N4O5. The van der Waals surface area contributed by atoms with Gasteiger partial charge in [-0.05, 0) is 53.4 Å².